The third-order valence-electron chi connectivity index (χ3n) is 7.72. The van der Waals surface area contributed by atoms with Gasteiger partial charge in [0.1, 0.15) is 0 Å². The molecule has 1 aliphatic carbocycles. The smallest absolute Gasteiger partial charge is 0.305 e. The number of carboxylic acid groups (broad SMARTS) is 1. The number of aliphatic carboxylic acids is 1. The summed E-state index contributed by atoms with van der Waals surface area (Å²) in [5.74, 6) is -0.844. The fourth-order valence-corrected chi connectivity index (χ4v) is 5.61. The van der Waals surface area contributed by atoms with E-state index in [1.165, 1.54) is 0 Å². The SMILES string of the molecule is CN(C1CCC=CCC1)[C@@H](CC(=O)O)C(=O)N1CCCCC1CCOC1CCN(C(=N)N)CC1. The van der Waals surface area contributed by atoms with E-state index in [2.05, 4.69) is 12.2 Å². The minimum atomic E-state index is -0.925. The average molecular weight is 478 g/mol. The first-order valence-electron chi connectivity index (χ1n) is 13.0. The molecule has 2 fully saturated rings. The number of hydrogen-bond donors (Lipinski definition) is 3. The number of carbonyl (C=O) groups excluding carboxylic acids is 1. The molecule has 34 heavy (non-hydrogen) atoms. The van der Waals surface area contributed by atoms with E-state index < -0.39 is 12.0 Å². The highest BCUT2D eigenvalue weighted by molar-refractivity contribution is 5.86. The van der Waals surface area contributed by atoms with Crippen molar-refractivity contribution >= 4 is 17.8 Å². The number of allylic oxidation sites excluding steroid dienone is 2. The Kier molecular flexibility index (Phi) is 10.2. The minimum absolute atomic E-state index is 0.0402. The summed E-state index contributed by atoms with van der Waals surface area (Å²) in [5, 5.41) is 17.1. The monoisotopic (exact) mass is 477 g/mol. The number of likely N-dealkylation sites (tertiary alicyclic amines) is 2. The molecule has 2 heterocycles. The summed E-state index contributed by atoms with van der Waals surface area (Å²) in [5.41, 5.74) is 5.57. The third kappa shape index (κ3) is 7.43. The van der Waals surface area contributed by atoms with Crippen molar-refractivity contribution in [2.45, 2.75) is 94.9 Å². The van der Waals surface area contributed by atoms with Crippen molar-refractivity contribution in [3.8, 4) is 0 Å². The second kappa shape index (κ2) is 13.1. The van der Waals surface area contributed by atoms with E-state index in [0.717, 1.165) is 77.3 Å². The number of carboxylic acids is 1. The van der Waals surface area contributed by atoms with Gasteiger partial charge in [0.05, 0.1) is 18.6 Å². The number of ether oxygens (including phenoxy) is 1. The highest BCUT2D eigenvalue weighted by Crippen LogP contribution is 2.26. The van der Waals surface area contributed by atoms with Crippen molar-refractivity contribution in [3.63, 3.8) is 0 Å². The van der Waals surface area contributed by atoms with Crippen molar-refractivity contribution in [1.29, 1.82) is 5.41 Å². The second-order valence-electron chi connectivity index (χ2n) is 9.97. The number of nitrogens with two attached hydrogens (primary N) is 1. The van der Waals surface area contributed by atoms with Gasteiger partial charge < -0.3 is 25.4 Å². The number of amides is 1. The maximum atomic E-state index is 13.7. The predicted octanol–water partition coefficient (Wildman–Crippen LogP) is 2.41. The molecule has 3 aliphatic rings. The van der Waals surface area contributed by atoms with Crippen molar-refractivity contribution in [2.24, 2.45) is 5.73 Å². The Balaban J connectivity index is 1.57. The van der Waals surface area contributed by atoms with Gasteiger partial charge in [-0.25, -0.2) is 0 Å². The average Bonchev–Trinajstić information content (AvgIpc) is 3.12. The van der Waals surface area contributed by atoms with Crippen LogP contribution >= 0.6 is 0 Å². The number of rotatable bonds is 9. The third-order valence-corrected chi connectivity index (χ3v) is 7.72. The van der Waals surface area contributed by atoms with Gasteiger partial charge in [-0.3, -0.25) is 19.9 Å². The van der Waals surface area contributed by atoms with Gasteiger partial charge in [0.2, 0.25) is 5.91 Å². The Hall–Kier alpha value is -2.13. The van der Waals surface area contributed by atoms with Crippen LogP contribution in [0.5, 0.6) is 0 Å². The normalized spacial score (nSPS) is 23.6. The van der Waals surface area contributed by atoms with Crippen LogP contribution in [0.25, 0.3) is 0 Å². The topological polar surface area (TPSA) is 123 Å². The molecule has 0 bridgehead atoms. The van der Waals surface area contributed by atoms with Gasteiger partial charge in [-0.2, -0.15) is 0 Å². The van der Waals surface area contributed by atoms with Crippen molar-refractivity contribution in [1.82, 2.24) is 14.7 Å². The van der Waals surface area contributed by atoms with E-state index in [9.17, 15) is 14.7 Å². The highest BCUT2D eigenvalue weighted by atomic mass is 16.5. The molecule has 2 saturated heterocycles. The van der Waals surface area contributed by atoms with Gasteiger partial charge >= 0.3 is 5.97 Å². The predicted molar refractivity (Wildman–Crippen MR) is 132 cm³/mol. The Bertz CT molecular complexity index is 712. The molecule has 0 aromatic rings. The van der Waals surface area contributed by atoms with E-state index >= 15 is 0 Å². The summed E-state index contributed by atoms with van der Waals surface area (Å²) in [6.07, 6.45) is 13.7. The molecule has 9 nitrogen and oxygen atoms in total. The first-order chi connectivity index (χ1) is 16.4. The summed E-state index contributed by atoms with van der Waals surface area (Å²) in [7, 11) is 1.93. The summed E-state index contributed by atoms with van der Waals surface area (Å²) in [4.78, 5) is 31.2. The molecule has 0 aromatic heterocycles. The minimum Gasteiger partial charge on any atom is -0.481 e. The lowest BCUT2D eigenvalue weighted by atomic mass is 9.96. The molecular formula is C25H43N5O4. The van der Waals surface area contributed by atoms with Crippen LogP contribution in [0, 0.1) is 5.41 Å². The highest BCUT2D eigenvalue weighted by Gasteiger charge is 2.37. The molecule has 1 amide bonds. The Morgan fingerprint density at radius 3 is 2.41 bits per heavy atom. The largest absolute Gasteiger partial charge is 0.481 e. The van der Waals surface area contributed by atoms with Crippen molar-refractivity contribution < 1.29 is 19.4 Å². The van der Waals surface area contributed by atoms with Crippen LogP contribution in [0.15, 0.2) is 12.2 Å². The van der Waals surface area contributed by atoms with Gasteiger partial charge in [-0.1, -0.05) is 12.2 Å². The standard InChI is InChI=1S/C25H43N5O4/c1-28(19-8-4-2-3-5-9-19)22(18-23(31)32)24(33)30-14-7-6-10-20(30)13-17-34-21-11-15-29(16-12-21)25(26)27/h2-3,19-22H,4-18H2,1H3,(H3,26,27)(H,31,32)/t20?,22-/m0/s1. The molecular weight excluding hydrogens is 434 g/mol. The Morgan fingerprint density at radius 1 is 1.12 bits per heavy atom. The van der Waals surface area contributed by atoms with Gasteiger partial charge in [-0.05, 0) is 71.3 Å². The van der Waals surface area contributed by atoms with E-state index in [1.807, 2.05) is 21.7 Å². The van der Waals surface area contributed by atoms with Crippen LogP contribution in [0.4, 0.5) is 0 Å². The first kappa shape index (κ1) is 26.5. The van der Waals surface area contributed by atoms with E-state index in [0.29, 0.717) is 13.2 Å². The molecule has 2 aliphatic heterocycles. The number of guanidine groups is 1. The van der Waals surface area contributed by atoms with E-state index in [-0.39, 0.29) is 36.5 Å². The fourth-order valence-electron chi connectivity index (χ4n) is 5.61. The maximum absolute atomic E-state index is 13.7. The molecule has 1 unspecified atom stereocenters. The fraction of sp³-hybridized carbons (Fsp3) is 0.800. The van der Waals surface area contributed by atoms with E-state index in [4.69, 9.17) is 15.9 Å². The van der Waals surface area contributed by atoms with Crippen LogP contribution in [0.1, 0.15) is 70.6 Å². The van der Waals surface area contributed by atoms with Crippen molar-refractivity contribution in [3.05, 3.63) is 12.2 Å². The van der Waals surface area contributed by atoms with Crippen LogP contribution in [0.3, 0.4) is 0 Å². The quantitative estimate of drug-likeness (QED) is 0.265. The molecule has 2 atom stereocenters. The molecule has 0 spiro atoms. The zero-order valence-corrected chi connectivity index (χ0v) is 20.7. The lowest BCUT2D eigenvalue weighted by molar-refractivity contribution is -0.148. The van der Waals surface area contributed by atoms with Gasteiger partial charge in [0, 0.05) is 38.3 Å². The Morgan fingerprint density at radius 2 is 1.79 bits per heavy atom. The molecule has 0 aromatic carbocycles. The van der Waals surface area contributed by atoms with Crippen LogP contribution in [0.2, 0.25) is 0 Å². The maximum Gasteiger partial charge on any atom is 0.305 e. The number of hydrogen-bond acceptors (Lipinski definition) is 5. The lowest BCUT2D eigenvalue weighted by Gasteiger charge is -2.41. The number of nitrogens with one attached hydrogen (secondary N) is 1. The molecule has 4 N–H and O–H groups in total. The summed E-state index contributed by atoms with van der Waals surface area (Å²) in [6, 6.07) is -0.312. The zero-order chi connectivity index (χ0) is 24.5. The number of likely N-dealkylation sites (N-methyl/N-ethyl adjacent to an activating group) is 1. The molecule has 3 rings (SSSR count). The molecule has 9 heteroatoms. The number of piperidine rings is 2. The summed E-state index contributed by atoms with van der Waals surface area (Å²) in [6.45, 7) is 2.77. The number of nitrogens with zero attached hydrogens (tertiary/aromatic N) is 3. The van der Waals surface area contributed by atoms with Crippen LogP contribution < -0.4 is 5.73 Å². The molecule has 0 radical (unpaired) electrons. The first-order valence-corrected chi connectivity index (χ1v) is 13.0. The molecule has 0 saturated carbocycles. The summed E-state index contributed by atoms with van der Waals surface area (Å²) >= 11 is 0. The van der Waals surface area contributed by atoms with Crippen molar-refractivity contribution in [2.75, 3.05) is 33.3 Å². The van der Waals surface area contributed by atoms with Crippen LogP contribution in [-0.2, 0) is 14.3 Å². The van der Waals surface area contributed by atoms with Gasteiger partial charge in [0.15, 0.2) is 5.96 Å². The lowest BCUT2D eigenvalue weighted by Crippen LogP contribution is -2.55. The van der Waals surface area contributed by atoms with Crippen LogP contribution in [-0.4, -0.2) is 95.2 Å². The Labute approximate surface area is 203 Å². The second-order valence-corrected chi connectivity index (χ2v) is 9.97. The number of carbonyl (C=O) groups is 2. The van der Waals surface area contributed by atoms with Gasteiger partial charge in [0.25, 0.3) is 0 Å². The van der Waals surface area contributed by atoms with Gasteiger partial charge in [-0.15, -0.1) is 0 Å². The van der Waals surface area contributed by atoms with E-state index in [1.54, 1.807) is 0 Å². The summed E-state index contributed by atoms with van der Waals surface area (Å²) < 4.78 is 6.14. The molecule has 192 valence electrons. The zero-order valence-electron chi connectivity index (χ0n) is 20.7.